The highest BCUT2D eigenvalue weighted by Crippen LogP contribution is 2.23. The maximum absolute atomic E-state index is 4.17. The average molecular weight is 204 g/mol. The van der Waals surface area contributed by atoms with Gasteiger partial charge in [-0.05, 0) is 6.42 Å². The molecule has 2 rings (SSSR count). The summed E-state index contributed by atoms with van der Waals surface area (Å²) in [7, 11) is 0. The van der Waals surface area contributed by atoms with Crippen LogP contribution in [-0.2, 0) is 6.42 Å². The third-order valence-electron chi connectivity index (χ3n) is 1.95. The third kappa shape index (κ3) is 1.99. The lowest BCUT2D eigenvalue weighted by Crippen LogP contribution is -1.79. The zero-order chi connectivity index (χ0) is 9.80. The van der Waals surface area contributed by atoms with E-state index in [0.717, 1.165) is 28.4 Å². The van der Waals surface area contributed by atoms with E-state index in [2.05, 4.69) is 29.3 Å². The van der Waals surface area contributed by atoms with Crippen LogP contribution >= 0.6 is 11.3 Å². The summed E-state index contributed by atoms with van der Waals surface area (Å²) in [5, 5.41) is 10.5. The van der Waals surface area contributed by atoms with E-state index >= 15 is 0 Å². The molecular formula is C11H12N2S. The van der Waals surface area contributed by atoms with E-state index in [0.29, 0.717) is 0 Å². The number of nitrogens with zero attached hydrogens (tertiary/aromatic N) is 2. The van der Waals surface area contributed by atoms with Crippen molar-refractivity contribution in [1.29, 1.82) is 0 Å². The van der Waals surface area contributed by atoms with Gasteiger partial charge in [0, 0.05) is 12.0 Å². The summed E-state index contributed by atoms with van der Waals surface area (Å²) in [6, 6.07) is 10.2. The van der Waals surface area contributed by atoms with Crippen molar-refractivity contribution < 1.29 is 0 Å². The number of rotatable bonds is 3. The van der Waals surface area contributed by atoms with E-state index in [1.165, 1.54) is 0 Å². The molecule has 0 saturated heterocycles. The van der Waals surface area contributed by atoms with Crippen molar-refractivity contribution in [2.45, 2.75) is 19.8 Å². The first-order valence-electron chi connectivity index (χ1n) is 4.78. The van der Waals surface area contributed by atoms with Crippen LogP contribution in [0.1, 0.15) is 18.4 Å². The van der Waals surface area contributed by atoms with Gasteiger partial charge in [0.25, 0.3) is 0 Å². The molecule has 3 heteroatoms. The highest BCUT2D eigenvalue weighted by atomic mass is 32.1. The lowest BCUT2D eigenvalue weighted by molar-refractivity contribution is 0.879. The first-order chi connectivity index (χ1) is 6.90. The maximum Gasteiger partial charge on any atom is 0.147 e. The summed E-state index contributed by atoms with van der Waals surface area (Å²) in [5.41, 5.74) is 1.16. The highest BCUT2D eigenvalue weighted by molar-refractivity contribution is 7.14. The Labute approximate surface area is 87.6 Å². The summed E-state index contributed by atoms with van der Waals surface area (Å²) >= 11 is 1.69. The van der Waals surface area contributed by atoms with Crippen molar-refractivity contribution in [1.82, 2.24) is 10.2 Å². The van der Waals surface area contributed by atoms with Crippen LogP contribution in [0.15, 0.2) is 30.3 Å². The van der Waals surface area contributed by atoms with Gasteiger partial charge in [0.2, 0.25) is 0 Å². The van der Waals surface area contributed by atoms with E-state index in [9.17, 15) is 0 Å². The number of hydrogen-bond acceptors (Lipinski definition) is 3. The summed E-state index contributed by atoms with van der Waals surface area (Å²) in [6.07, 6.45) is 2.16. The molecule has 0 saturated carbocycles. The Morgan fingerprint density at radius 3 is 2.64 bits per heavy atom. The van der Waals surface area contributed by atoms with Crippen LogP contribution < -0.4 is 0 Å². The molecule has 0 bridgehead atoms. The van der Waals surface area contributed by atoms with Gasteiger partial charge < -0.3 is 0 Å². The molecule has 1 aromatic heterocycles. The Morgan fingerprint density at radius 2 is 1.93 bits per heavy atom. The van der Waals surface area contributed by atoms with Gasteiger partial charge in [0.05, 0.1) is 0 Å². The molecule has 0 fully saturated rings. The Hall–Kier alpha value is -1.22. The summed E-state index contributed by atoms with van der Waals surface area (Å²) in [5.74, 6) is 0. The molecular weight excluding hydrogens is 192 g/mol. The van der Waals surface area contributed by atoms with Crippen LogP contribution in [-0.4, -0.2) is 10.2 Å². The minimum Gasteiger partial charge on any atom is -0.143 e. The van der Waals surface area contributed by atoms with Gasteiger partial charge in [-0.1, -0.05) is 48.6 Å². The van der Waals surface area contributed by atoms with E-state index in [1.54, 1.807) is 11.3 Å². The van der Waals surface area contributed by atoms with Crippen molar-refractivity contribution in [2.24, 2.45) is 0 Å². The quantitative estimate of drug-likeness (QED) is 0.767. The largest absolute Gasteiger partial charge is 0.147 e. The number of aromatic nitrogens is 2. The molecule has 72 valence electrons. The molecule has 2 nitrogen and oxygen atoms in total. The van der Waals surface area contributed by atoms with Crippen LogP contribution in [0.4, 0.5) is 0 Å². The van der Waals surface area contributed by atoms with Crippen LogP contribution in [0.5, 0.6) is 0 Å². The Bertz CT molecular complexity index is 395. The zero-order valence-electron chi connectivity index (χ0n) is 8.10. The van der Waals surface area contributed by atoms with Crippen molar-refractivity contribution in [3.63, 3.8) is 0 Å². The summed E-state index contributed by atoms with van der Waals surface area (Å²) in [4.78, 5) is 0. The summed E-state index contributed by atoms with van der Waals surface area (Å²) in [6.45, 7) is 2.16. The molecule has 0 unspecified atom stereocenters. The van der Waals surface area contributed by atoms with Gasteiger partial charge in [-0.25, -0.2) is 0 Å². The van der Waals surface area contributed by atoms with E-state index in [-0.39, 0.29) is 0 Å². The second-order valence-electron chi connectivity index (χ2n) is 3.12. The molecule has 0 spiro atoms. The standard InChI is InChI=1S/C11H12N2S/c1-2-6-10-12-13-11(14-10)9-7-4-3-5-8-9/h3-5,7-8H,2,6H2,1H3. The first-order valence-corrected chi connectivity index (χ1v) is 5.59. The Balaban J connectivity index is 2.25. The monoisotopic (exact) mass is 204 g/mol. The fourth-order valence-corrected chi connectivity index (χ4v) is 2.21. The van der Waals surface area contributed by atoms with Gasteiger partial charge >= 0.3 is 0 Å². The molecule has 2 aromatic rings. The Kier molecular flexibility index (Phi) is 2.89. The molecule has 14 heavy (non-hydrogen) atoms. The second-order valence-corrected chi connectivity index (χ2v) is 4.18. The molecule has 0 aliphatic heterocycles. The lowest BCUT2D eigenvalue weighted by atomic mass is 10.2. The molecule has 0 atom stereocenters. The van der Waals surface area contributed by atoms with E-state index in [4.69, 9.17) is 0 Å². The molecule has 0 aliphatic carbocycles. The highest BCUT2D eigenvalue weighted by Gasteiger charge is 2.04. The van der Waals surface area contributed by atoms with Gasteiger partial charge in [0.15, 0.2) is 0 Å². The SMILES string of the molecule is CCCc1nnc(-c2ccccc2)s1. The molecule has 0 radical (unpaired) electrons. The molecule has 0 aliphatic rings. The fraction of sp³-hybridized carbons (Fsp3) is 0.273. The van der Waals surface area contributed by atoms with Gasteiger partial charge in [-0.3, -0.25) is 0 Å². The smallest absolute Gasteiger partial charge is 0.143 e. The van der Waals surface area contributed by atoms with Crippen molar-refractivity contribution in [2.75, 3.05) is 0 Å². The van der Waals surface area contributed by atoms with Gasteiger partial charge in [0.1, 0.15) is 10.0 Å². The van der Waals surface area contributed by atoms with E-state index < -0.39 is 0 Å². The maximum atomic E-state index is 4.17. The minimum atomic E-state index is 1.02. The Morgan fingerprint density at radius 1 is 1.14 bits per heavy atom. The number of benzene rings is 1. The first kappa shape index (κ1) is 9.34. The van der Waals surface area contributed by atoms with Crippen molar-refractivity contribution in [3.05, 3.63) is 35.3 Å². The zero-order valence-corrected chi connectivity index (χ0v) is 8.92. The van der Waals surface area contributed by atoms with Crippen LogP contribution in [0.25, 0.3) is 10.6 Å². The van der Waals surface area contributed by atoms with Crippen LogP contribution in [0, 0.1) is 0 Å². The summed E-state index contributed by atoms with van der Waals surface area (Å²) < 4.78 is 0. The van der Waals surface area contributed by atoms with Gasteiger partial charge in [-0.15, -0.1) is 10.2 Å². The molecule has 1 heterocycles. The minimum absolute atomic E-state index is 1.02. The fourth-order valence-electron chi connectivity index (χ4n) is 1.27. The topological polar surface area (TPSA) is 25.8 Å². The van der Waals surface area contributed by atoms with Crippen molar-refractivity contribution >= 4 is 11.3 Å². The van der Waals surface area contributed by atoms with Crippen LogP contribution in [0.2, 0.25) is 0 Å². The number of aryl methyl sites for hydroxylation is 1. The van der Waals surface area contributed by atoms with Crippen molar-refractivity contribution in [3.8, 4) is 10.6 Å². The second kappa shape index (κ2) is 4.33. The molecule has 0 N–H and O–H groups in total. The predicted molar refractivity (Wildman–Crippen MR) is 59.3 cm³/mol. The predicted octanol–water partition coefficient (Wildman–Crippen LogP) is 3.16. The molecule has 0 amide bonds. The van der Waals surface area contributed by atoms with E-state index in [1.807, 2.05) is 18.2 Å². The van der Waals surface area contributed by atoms with Crippen LogP contribution in [0.3, 0.4) is 0 Å². The molecule has 1 aromatic carbocycles. The normalized spacial score (nSPS) is 10.4. The lowest BCUT2D eigenvalue weighted by Gasteiger charge is -1.91. The number of hydrogen-bond donors (Lipinski definition) is 0. The average Bonchev–Trinajstić information content (AvgIpc) is 2.68. The third-order valence-corrected chi connectivity index (χ3v) is 2.98. The van der Waals surface area contributed by atoms with Gasteiger partial charge in [-0.2, -0.15) is 0 Å².